The van der Waals surface area contributed by atoms with Crippen molar-refractivity contribution in [1.82, 2.24) is 9.97 Å². The third kappa shape index (κ3) is 2.60. The number of ether oxygens (including phenoxy) is 1. The van der Waals surface area contributed by atoms with E-state index in [1.165, 1.54) is 7.11 Å². The molecule has 0 aliphatic rings. The molecule has 0 aliphatic heterocycles. The summed E-state index contributed by atoms with van der Waals surface area (Å²) in [7, 11) is 1.54. The summed E-state index contributed by atoms with van der Waals surface area (Å²) in [5.41, 5.74) is 2.65. The molecule has 1 aromatic heterocycles. The van der Waals surface area contributed by atoms with Gasteiger partial charge in [-0.25, -0.2) is 4.98 Å². The SMILES string of the molecule is COc1nccc(-c2ccc(C(C)O)cc2)n1. The third-order valence-electron chi connectivity index (χ3n) is 2.50. The van der Waals surface area contributed by atoms with Crippen molar-refractivity contribution in [2.24, 2.45) is 0 Å². The lowest BCUT2D eigenvalue weighted by Crippen LogP contribution is -1.94. The quantitative estimate of drug-likeness (QED) is 0.878. The number of rotatable bonds is 3. The van der Waals surface area contributed by atoms with Gasteiger partial charge in [0.25, 0.3) is 0 Å². The van der Waals surface area contributed by atoms with Crippen LogP contribution in [0.4, 0.5) is 0 Å². The molecule has 1 atom stereocenters. The number of hydrogen-bond acceptors (Lipinski definition) is 4. The predicted octanol–water partition coefficient (Wildman–Crippen LogP) is 2.21. The second kappa shape index (κ2) is 4.93. The van der Waals surface area contributed by atoms with E-state index < -0.39 is 6.10 Å². The number of benzene rings is 1. The number of hydrogen-bond donors (Lipinski definition) is 1. The van der Waals surface area contributed by atoms with Crippen LogP contribution in [0.1, 0.15) is 18.6 Å². The minimum atomic E-state index is -0.455. The summed E-state index contributed by atoms with van der Waals surface area (Å²) < 4.78 is 4.98. The molecule has 0 fully saturated rings. The van der Waals surface area contributed by atoms with E-state index in [4.69, 9.17) is 4.74 Å². The molecule has 1 unspecified atom stereocenters. The Bertz CT molecular complexity index is 495. The number of methoxy groups -OCH3 is 1. The van der Waals surface area contributed by atoms with Crippen molar-refractivity contribution in [3.05, 3.63) is 42.1 Å². The molecule has 1 aromatic carbocycles. The molecule has 4 nitrogen and oxygen atoms in total. The van der Waals surface area contributed by atoms with E-state index in [0.29, 0.717) is 6.01 Å². The van der Waals surface area contributed by atoms with Crippen molar-refractivity contribution in [3.63, 3.8) is 0 Å². The fourth-order valence-corrected chi connectivity index (χ4v) is 1.53. The Hall–Kier alpha value is -1.94. The van der Waals surface area contributed by atoms with Crippen molar-refractivity contribution >= 4 is 0 Å². The summed E-state index contributed by atoms with van der Waals surface area (Å²) in [4.78, 5) is 8.20. The molecule has 88 valence electrons. The Morgan fingerprint density at radius 3 is 2.47 bits per heavy atom. The maximum absolute atomic E-state index is 9.42. The van der Waals surface area contributed by atoms with Gasteiger partial charge < -0.3 is 9.84 Å². The Kier molecular flexibility index (Phi) is 3.35. The summed E-state index contributed by atoms with van der Waals surface area (Å²) in [6, 6.07) is 9.78. The van der Waals surface area contributed by atoms with Crippen LogP contribution in [0.2, 0.25) is 0 Å². The van der Waals surface area contributed by atoms with Gasteiger partial charge in [-0.3, -0.25) is 0 Å². The van der Waals surface area contributed by atoms with Crippen LogP contribution >= 0.6 is 0 Å². The van der Waals surface area contributed by atoms with E-state index in [1.54, 1.807) is 13.1 Å². The van der Waals surface area contributed by atoms with Gasteiger partial charge in [-0.2, -0.15) is 4.98 Å². The van der Waals surface area contributed by atoms with Crippen LogP contribution in [0.25, 0.3) is 11.3 Å². The zero-order valence-electron chi connectivity index (χ0n) is 9.79. The zero-order chi connectivity index (χ0) is 12.3. The molecule has 0 aliphatic carbocycles. The first-order valence-electron chi connectivity index (χ1n) is 5.36. The lowest BCUT2D eigenvalue weighted by molar-refractivity contribution is 0.199. The van der Waals surface area contributed by atoms with E-state index >= 15 is 0 Å². The molecule has 2 aromatic rings. The second-order valence-electron chi connectivity index (χ2n) is 3.73. The minimum Gasteiger partial charge on any atom is -0.467 e. The standard InChI is InChI=1S/C13H14N2O2/c1-9(16)10-3-5-11(6-4-10)12-7-8-14-13(15-12)17-2/h3-9,16H,1-2H3. The second-order valence-corrected chi connectivity index (χ2v) is 3.73. The van der Waals surface area contributed by atoms with Crippen LogP contribution in [0.3, 0.4) is 0 Å². The highest BCUT2D eigenvalue weighted by molar-refractivity contribution is 5.59. The van der Waals surface area contributed by atoms with Crippen LogP contribution in [0, 0.1) is 0 Å². The van der Waals surface area contributed by atoms with E-state index in [-0.39, 0.29) is 0 Å². The third-order valence-corrected chi connectivity index (χ3v) is 2.50. The molecular weight excluding hydrogens is 216 g/mol. The topological polar surface area (TPSA) is 55.2 Å². The molecule has 1 heterocycles. The van der Waals surface area contributed by atoms with Crippen molar-refractivity contribution in [1.29, 1.82) is 0 Å². The fourth-order valence-electron chi connectivity index (χ4n) is 1.53. The molecule has 1 N–H and O–H groups in total. The molecule has 4 heteroatoms. The minimum absolute atomic E-state index is 0.349. The lowest BCUT2D eigenvalue weighted by Gasteiger charge is -2.06. The van der Waals surface area contributed by atoms with Crippen LogP contribution in [-0.4, -0.2) is 22.2 Å². The van der Waals surface area contributed by atoms with Gasteiger partial charge in [0.05, 0.1) is 18.9 Å². The Morgan fingerprint density at radius 2 is 1.88 bits per heavy atom. The lowest BCUT2D eigenvalue weighted by atomic mass is 10.1. The molecule has 0 bridgehead atoms. The van der Waals surface area contributed by atoms with Gasteiger partial charge in [0, 0.05) is 11.8 Å². The van der Waals surface area contributed by atoms with E-state index in [2.05, 4.69) is 9.97 Å². The highest BCUT2D eigenvalue weighted by Gasteiger charge is 2.04. The Labute approximate surface area is 99.9 Å². The van der Waals surface area contributed by atoms with Crippen molar-refractivity contribution in [2.75, 3.05) is 7.11 Å². The average Bonchev–Trinajstić information content (AvgIpc) is 2.39. The fraction of sp³-hybridized carbons (Fsp3) is 0.231. The van der Waals surface area contributed by atoms with E-state index in [0.717, 1.165) is 16.8 Å². The van der Waals surface area contributed by atoms with Gasteiger partial charge >= 0.3 is 6.01 Å². The van der Waals surface area contributed by atoms with Gasteiger partial charge in [0.1, 0.15) is 0 Å². The first kappa shape index (κ1) is 11.5. The molecule has 17 heavy (non-hydrogen) atoms. The highest BCUT2D eigenvalue weighted by Crippen LogP contribution is 2.21. The maximum Gasteiger partial charge on any atom is 0.316 e. The Balaban J connectivity index is 2.32. The molecule has 0 saturated heterocycles. The average molecular weight is 230 g/mol. The summed E-state index contributed by atoms with van der Waals surface area (Å²) in [6.45, 7) is 1.74. The molecule has 0 radical (unpaired) electrons. The van der Waals surface area contributed by atoms with Crippen LogP contribution in [0.5, 0.6) is 6.01 Å². The van der Waals surface area contributed by atoms with E-state index in [9.17, 15) is 5.11 Å². The molecule has 2 rings (SSSR count). The zero-order valence-corrected chi connectivity index (χ0v) is 9.79. The molecule has 0 spiro atoms. The highest BCUT2D eigenvalue weighted by atomic mass is 16.5. The van der Waals surface area contributed by atoms with Crippen LogP contribution < -0.4 is 4.74 Å². The summed E-state index contributed by atoms with van der Waals surface area (Å²) in [6.07, 6.45) is 1.20. The first-order valence-corrected chi connectivity index (χ1v) is 5.36. The first-order chi connectivity index (χ1) is 8.20. The largest absolute Gasteiger partial charge is 0.467 e. The molecule has 0 amide bonds. The van der Waals surface area contributed by atoms with Gasteiger partial charge in [-0.1, -0.05) is 24.3 Å². The Morgan fingerprint density at radius 1 is 1.18 bits per heavy atom. The molecule has 0 saturated carbocycles. The number of aliphatic hydroxyl groups is 1. The molecular formula is C13H14N2O2. The van der Waals surface area contributed by atoms with Gasteiger partial charge in [0.2, 0.25) is 0 Å². The number of aromatic nitrogens is 2. The predicted molar refractivity (Wildman–Crippen MR) is 64.7 cm³/mol. The summed E-state index contributed by atoms with van der Waals surface area (Å²) >= 11 is 0. The van der Waals surface area contributed by atoms with E-state index in [1.807, 2.05) is 30.3 Å². The number of aliphatic hydroxyl groups excluding tert-OH is 1. The summed E-state index contributed by atoms with van der Waals surface area (Å²) in [5.74, 6) is 0. The smallest absolute Gasteiger partial charge is 0.316 e. The van der Waals surface area contributed by atoms with Gasteiger partial charge in [-0.15, -0.1) is 0 Å². The van der Waals surface area contributed by atoms with Crippen molar-refractivity contribution in [3.8, 4) is 17.3 Å². The normalized spacial score (nSPS) is 12.2. The summed E-state index contributed by atoms with van der Waals surface area (Å²) in [5, 5.41) is 9.42. The van der Waals surface area contributed by atoms with Crippen LogP contribution in [-0.2, 0) is 0 Å². The number of nitrogens with zero attached hydrogens (tertiary/aromatic N) is 2. The van der Waals surface area contributed by atoms with Gasteiger partial charge in [-0.05, 0) is 18.6 Å². The van der Waals surface area contributed by atoms with Crippen LogP contribution in [0.15, 0.2) is 36.5 Å². The van der Waals surface area contributed by atoms with Crippen molar-refractivity contribution in [2.45, 2.75) is 13.0 Å². The maximum atomic E-state index is 9.42. The van der Waals surface area contributed by atoms with Gasteiger partial charge in [0.15, 0.2) is 0 Å². The van der Waals surface area contributed by atoms with Crippen molar-refractivity contribution < 1.29 is 9.84 Å². The monoisotopic (exact) mass is 230 g/mol.